The van der Waals surface area contributed by atoms with Crippen LogP contribution < -0.4 is 0 Å². The third-order valence-corrected chi connectivity index (χ3v) is 18.7. The molecule has 540 valence electrons. The number of phosphoric acid groups is 2. The number of esters is 4. The highest BCUT2D eigenvalue weighted by atomic mass is 31.2. The average molecular weight is 1340 g/mol. The van der Waals surface area contributed by atoms with Gasteiger partial charge in [0.15, 0.2) is 12.2 Å². The van der Waals surface area contributed by atoms with Crippen LogP contribution in [0.25, 0.3) is 0 Å². The Balaban J connectivity index is 5.25. The van der Waals surface area contributed by atoms with Crippen LogP contribution in [0.15, 0.2) is 0 Å². The molecule has 3 N–H and O–H groups in total. The second-order valence-electron chi connectivity index (χ2n) is 26.5. The van der Waals surface area contributed by atoms with E-state index in [1.807, 2.05) is 0 Å². The molecule has 0 aromatic heterocycles. The van der Waals surface area contributed by atoms with Crippen molar-refractivity contribution < 1.29 is 80.2 Å². The van der Waals surface area contributed by atoms with Crippen LogP contribution in [-0.2, 0) is 65.4 Å². The summed E-state index contributed by atoms with van der Waals surface area (Å²) in [5, 5.41) is 10.6. The zero-order valence-electron chi connectivity index (χ0n) is 59.0. The number of aliphatic hydroxyl groups excluding tert-OH is 1. The van der Waals surface area contributed by atoms with E-state index < -0.39 is 97.5 Å². The summed E-state index contributed by atoms with van der Waals surface area (Å²) in [7, 11) is -9.90. The number of carbonyl (C=O) groups excluding carboxylic acids is 4. The number of unbranched alkanes of at least 4 members (excludes halogenated alkanes) is 44. The van der Waals surface area contributed by atoms with Crippen LogP contribution in [0.4, 0.5) is 0 Å². The lowest BCUT2D eigenvalue weighted by Crippen LogP contribution is -2.30. The highest BCUT2D eigenvalue weighted by Gasteiger charge is 2.30. The lowest BCUT2D eigenvalue weighted by Gasteiger charge is -2.21. The molecule has 5 atom stereocenters. The number of hydrogen-bond acceptors (Lipinski definition) is 15. The largest absolute Gasteiger partial charge is 0.472 e. The maximum absolute atomic E-state index is 13.0. The van der Waals surface area contributed by atoms with E-state index in [2.05, 4.69) is 34.6 Å². The molecule has 0 amide bonds. The third kappa shape index (κ3) is 66.5. The van der Waals surface area contributed by atoms with Crippen molar-refractivity contribution in [3.8, 4) is 0 Å². The highest BCUT2D eigenvalue weighted by Crippen LogP contribution is 2.45. The Labute approximate surface area is 556 Å². The number of hydrogen-bond donors (Lipinski definition) is 3. The topological polar surface area (TPSA) is 237 Å². The van der Waals surface area contributed by atoms with E-state index >= 15 is 0 Å². The quantitative estimate of drug-likeness (QED) is 0.0222. The minimum atomic E-state index is -4.95. The summed E-state index contributed by atoms with van der Waals surface area (Å²) >= 11 is 0. The summed E-state index contributed by atoms with van der Waals surface area (Å²) in [6, 6.07) is 0. The predicted octanol–water partition coefficient (Wildman–Crippen LogP) is 20.9. The first-order valence-electron chi connectivity index (χ1n) is 37.6. The van der Waals surface area contributed by atoms with Crippen molar-refractivity contribution in [3.05, 3.63) is 0 Å². The normalized spacial score (nSPS) is 14.0. The third-order valence-electron chi connectivity index (χ3n) is 16.8. The van der Waals surface area contributed by atoms with E-state index in [0.29, 0.717) is 25.7 Å². The number of carbonyl (C=O) groups is 4. The minimum absolute atomic E-state index is 0.107. The van der Waals surface area contributed by atoms with Crippen molar-refractivity contribution in [1.82, 2.24) is 0 Å². The Morgan fingerprint density at radius 3 is 0.747 bits per heavy atom. The van der Waals surface area contributed by atoms with Gasteiger partial charge in [-0.05, 0) is 31.6 Å². The monoisotopic (exact) mass is 1340 g/mol. The second-order valence-corrected chi connectivity index (χ2v) is 29.4. The first-order chi connectivity index (χ1) is 44.0. The van der Waals surface area contributed by atoms with Crippen molar-refractivity contribution in [3.63, 3.8) is 0 Å². The molecule has 0 radical (unpaired) electrons. The van der Waals surface area contributed by atoms with E-state index in [1.54, 1.807) is 0 Å². The van der Waals surface area contributed by atoms with Crippen LogP contribution in [0.3, 0.4) is 0 Å². The van der Waals surface area contributed by atoms with Gasteiger partial charge in [-0.1, -0.05) is 324 Å². The van der Waals surface area contributed by atoms with Crippen molar-refractivity contribution in [2.45, 2.75) is 393 Å². The van der Waals surface area contributed by atoms with Crippen LogP contribution >= 0.6 is 15.6 Å². The van der Waals surface area contributed by atoms with Gasteiger partial charge in [0.1, 0.15) is 19.3 Å². The molecule has 0 rings (SSSR count). The molecule has 0 aromatic carbocycles. The zero-order chi connectivity index (χ0) is 67.0. The molecule has 0 bridgehead atoms. The Morgan fingerprint density at radius 2 is 0.505 bits per heavy atom. The number of aliphatic hydroxyl groups is 1. The van der Waals surface area contributed by atoms with E-state index in [-0.39, 0.29) is 25.7 Å². The molecule has 0 aromatic rings. The lowest BCUT2D eigenvalue weighted by atomic mass is 10.0. The molecule has 0 heterocycles. The summed E-state index contributed by atoms with van der Waals surface area (Å²) < 4.78 is 68.4. The van der Waals surface area contributed by atoms with Gasteiger partial charge in [0.25, 0.3) is 0 Å². The van der Waals surface area contributed by atoms with Gasteiger partial charge in [-0.3, -0.25) is 37.3 Å². The smallest absolute Gasteiger partial charge is 0.462 e. The highest BCUT2D eigenvalue weighted by molar-refractivity contribution is 7.47. The Kier molecular flexibility index (Phi) is 64.0. The molecular weight excluding hydrogens is 1200 g/mol. The minimum Gasteiger partial charge on any atom is -0.462 e. The number of rotatable bonds is 72. The van der Waals surface area contributed by atoms with Crippen LogP contribution in [0.2, 0.25) is 0 Å². The molecular formula is C72H140O17P2. The summed E-state index contributed by atoms with van der Waals surface area (Å²) in [4.78, 5) is 72.6. The second kappa shape index (κ2) is 65.4. The van der Waals surface area contributed by atoms with Crippen LogP contribution in [-0.4, -0.2) is 96.7 Å². The number of ether oxygens (including phenoxy) is 4. The average Bonchev–Trinajstić information content (AvgIpc) is 3.19. The van der Waals surface area contributed by atoms with Crippen molar-refractivity contribution >= 4 is 39.5 Å². The van der Waals surface area contributed by atoms with E-state index in [4.69, 9.17) is 37.0 Å². The standard InChI is InChI=1S/C72H140O17P2/c1-6-9-12-15-18-21-24-26-28-31-36-41-46-51-56-70(75)83-62-68(89-72(77)58-53-48-43-38-33-29-30-34-39-44-49-54-65(4)5)64-87-91(80,81)85-60-66(73)59-84-90(78,79)86-63-67(61-82-69(74)55-50-45-40-35-23-20-17-14-11-8-3)88-71(76)57-52-47-42-37-32-27-25-22-19-16-13-10-7-2/h65-68,73H,6-64H2,1-5H3,(H,78,79)(H,80,81)/t66-,67+,68+/m0/s1. The molecule has 0 saturated heterocycles. The van der Waals surface area contributed by atoms with E-state index in [0.717, 1.165) is 95.8 Å². The van der Waals surface area contributed by atoms with Gasteiger partial charge in [0, 0.05) is 25.7 Å². The first-order valence-corrected chi connectivity index (χ1v) is 40.6. The molecule has 0 aliphatic carbocycles. The zero-order valence-corrected chi connectivity index (χ0v) is 60.8. The molecule has 0 fully saturated rings. The van der Waals surface area contributed by atoms with Crippen molar-refractivity contribution in [1.29, 1.82) is 0 Å². The maximum Gasteiger partial charge on any atom is 0.472 e. The summed E-state index contributed by atoms with van der Waals surface area (Å²) in [5.41, 5.74) is 0. The Hall–Kier alpha value is -1.94. The molecule has 0 saturated carbocycles. The van der Waals surface area contributed by atoms with Gasteiger partial charge in [0.2, 0.25) is 0 Å². The van der Waals surface area contributed by atoms with E-state index in [1.165, 1.54) is 199 Å². The fourth-order valence-electron chi connectivity index (χ4n) is 11.0. The van der Waals surface area contributed by atoms with Crippen molar-refractivity contribution in [2.24, 2.45) is 5.92 Å². The van der Waals surface area contributed by atoms with Gasteiger partial charge >= 0.3 is 39.5 Å². The van der Waals surface area contributed by atoms with Gasteiger partial charge in [-0.25, -0.2) is 9.13 Å². The van der Waals surface area contributed by atoms with E-state index in [9.17, 15) is 43.2 Å². The fourth-order valence-corrected chi connectivity index (χ4v) is 12.6. The molecule has 91 heavy (non-hydrogen) atoms. The summed E-state index contributed by atoms with van der Waals surface area (Å²) in [6.07, 6.45) is 52.5. The van der Waals surface area contributed by atoms with Crippen molar-refractivity contribution in [2.75, 3.05) is 39.6 Å². The SMILES string of the molecule is CCCCCCCCCCCCCCCCC(=O)OC[C@H](COP(=O)(O)OC[C@@H](O)COP(=O)(O)OC[C@@H](COC(=O)CCCCCCCCCCCC)OC(=O)CCCCCCCCCCCCCCC)OC(=O)CCCCCCCCCCCCCC(C)C. The first kappa shape index (κ1) is 89.1. The summed E-state index contributed by atoms with van der Waals surface area (Å²) in [6.45, 7) is 7.26. The predicted molar refractivity (Wildman–Crippen MR) is 368 cm³/mol. The lowest BCUT2D eigenvalue weighted by molar-refractivity contribution is -0.161. The fraction of sp³-hybridized carbons (Fsp3) is 0.944. The molecule has 2 unspecified atom stereocenters. The number of phosphoric ester groups is 2. The molecule has 17 nitrogen and oxygen atoms in total. The van der Waals surface area contributed by atoms with Crippen LogP contribution in [0.1, 0.15) is 375 Å². The molecule has 19 heteroatoms. The van der Waals surface area contributed by atoms with Gasteiger partial charge in [-0.2, -0.15) is 0 Å². The van der Waals surface area contributed by atoms with Gasteiger partial charge in [-0.15, -0.1) is 0 Å². The molecule has 0 aliphatic rings. The summed E-state index contributed by atoms with van der Waals surface area (Å²) in [5.74, 6) is -1.35. The van der Waals surface area contributed by atoms with Crippen LogP contribution in [0.5, 0.6) is 0 Å². The van der Waals surface area contributed by atoms with Gasteiger partial charge < -0.3 is 33.8 Å². The van der Waals surface area contributed by atoms with Gasteiger partial charge in [0.05, 0.1) is 26.4 Å². The molecule has 0 spiro atoms. The van der Waals surface area contributed by atoms with Crippen LogP contribution in [0, 0.1) is 5.92 Å². The Morgan fingerprint density at radius 1 is 0.297 bits per heavy atom. The Bertz CT molecular complexity index is 1750. The maximum atomic E-state index is 13.0. The molecule has 0 aliphatic heterocycles.